The minimum absolute atomic E-state index is 0. The lowest BCUT2D eigenvalue weighted by molar-refractivity contribution is -0.118. The van der Waals surface area contributed by atoms with Crippen molar-refractivity contribution >= 4 is 30.0 Å². The molecule has 2 N–H and O–H groups in total. The van der Waals surface area contributed by atoms with E-state index in [-0.39, 0.29) is 24.4 Å². The summed E-state index contributed by atoms with van der Waals surface area (Å²) in [4.78, 5) is 23.7. The lowest BCUT2D eigenvalue weighted by Gasteiger charge is -2.23. The Kier molecular flexibility index (Phi) is 6.65. The van der Waals surface area contributed by atoms with Crippen LogP contribution in [0.5, 0.6) is 0 Å². The van der Waals surface area contributed by atoms with Crippen LogP contribution in [0.25, 0.3) is 0 Å². The van der Waals surface area contributed by atoms with E-state index in [0.717, 1.165) is 31.4 Å². The van der Waals surface area contributed by atoms with E-state index in [2.05, 4.69) is 15.4 Å². The summed E-state index contributed by atoms with van der Waals surface area (Å²) < 4.78 is 4.69. The van der Waals surface area contributed by atoms with Crippen molar-refractivity contribution in [3.05, 3.63) is 29.3 Å². The molecule has 116 valence electrons. The Labute approximate surface area is 130 Å². The lowest BCUT2D eigenvalue weighted by atomic mass is 10.0. The van der Waals surface area contributed by atoms with Crippen molar-refractivity contribution in [1.82, 2.24) is 5.32 Å². The summed E-state index contributed by atoms with van der Waals surface area (Å²) in [5.41, 5.74) is 2.01. The average Bonchev–Trinajstić information content (AvgIpc) is 2.49. The molecule has 0 radical (unpaired) electrons. The topological polar surface area (TPSA) is 67.4 Å². The third kappa shape index (κ3) is 4.44. The molecule has 1 aliphatic heterocycles. The molecule has 1 unspecified atom stereocenters. The van der Waals surface area contributed by atoms with Crippen LogP contribution in [0.2, 0.25) is 0 Å². The Bertz CT molecular complexity index is 514. The average molecular weight is 313 g/mol. The van der Waals surface area contributed by atoms with Gasteiger partial charge in [0.25, 0.3) is 0 Å². The van der Waals surface area contributed by atoms with Gasteiger partial charge in [-0.25, -0.2) is 4.79 Å². The van der Waals surface area contributed by atoms with Crippen LogP contribution in [-0.2, 0) is 9.53 Å². The zero-order valence-corrected chi connectivity index (χ0v) is 13.1. The summed E-state index contributed by atoms with van der Waals surface area (Å²) in [5, 5.41) is 6.09. The van der Waals surface area contributed by atoms with E-state index >= 15 is 0 Å². The Morgan fingerprint density at radius 3 is 2.71 bits per heavy atom. The maximum atomic E-state index is 12.2. The van der Waals surface area contributed by atoms with E-state index in [9.17, 15) is 9.59 Å². The number of esters is 1. The Hall–Kier alpha value is -1.59. The van der Waals surface area contributed by atoms with Crippen LogP contribution < -0.4 is 10.6 Å². The predicted molar refractivity (Wildman–Crippen MR) is 84.0 cm³/mol. The zero-order chi connectivity index (χ0) is 14.5. The fourth-order valence-electron chi connectivity index (χ4n) is 2.30. The number of methoxy groups -OCH3 is 1. The van der Waals surface area contributed by atoms with Crippen LogP contribution in [-0.4, -0.2) is 31.6 Å². The Morgan fingerprint density at radius 2 is 2.10 bits per heavy atom. The monoisotopic (exact) mass is 312 g/mol. The van der Waals surface area contributed by atoms with Gasteiger partial charge in [-0.2, -0.15) is 0 Å². The van der Waals surface area contributed by atoms with Crippen molar-refractivity contribution in [3.8, 4) is 0 Å². The fourth-order valence-corrected chi connectivity index (χ4v) is 2.30. The van der Waals surface area contributed by atoms with E-state index in [4.69, 9.17) is 0 Å². The molecule has 0 spiro atoms. The standard InChI is InChI=1S/C15H20N2O3.ClH/c1-10-6-7-11(15(19)20-2)9-13(10)17-14(18)12-5-3-4-8-16-12;/h6-7,9,12,16H,3-5,8H2,1-2H3,(H,17,18);1H. The van der Waals surface area contributed by atoms with Crippen LogP contribution in [0.4, 0.5) is 5.69 Å². The second-order valence-electron chi connectivity index (χ2n) is 5.01. The number of carbonyl (C=O) groups is 2. The van der Waals surface area contributed by atoms with Crippen LogP contribution >= 0.6 is 12.4 Å². The largest absolute Gasteiger partial charge is 0.465 e. The van der Waals surface area contributed by atoms with E-state index in [1.807, 2.05) is 6.92 Å². The quantitative estimate of drug-likeness (QED) is 0.840. The van der Waals surface area contributed by atoms with Gasteiger partial charge in [0.05, 0.1) is 18.7 Å². The van der Waals surface area contributed by atoms with Gasteiger partial charge in [0.1, 0.15) is 0 Å². The van der Waals surface area contributed by atoms with Gasteiger partial charge in [-0.15, -0.1) is 12.4 Å². The van der Waals surface area contributed by atoms with Gasteiger partial charge < -0.3 is 15.4 Å². The molecule has 0 aromatic heterocycles. The van der Waals surface area contributed by atoms with Gasteiger partial charge in [0, 0.05) is 5.69 Å². The predicted octanol–water partition coefficient (Wildman–Crippen LogP) is 2.28. The number of aryl methyl sites for hydroxylation is 1. The molecule has 1 fully saturated rings. The highest BCUT2D eigenvalue weighted by Crippen LogP contribution is 2.19. The summed E-state index contributed by atoms with van der Waals surface area (Å²) in [7, 11) is 1.34. The molecule has 1 aliphatic rings. The van der Waals surface area contributed by atoms with Gasteiger partial charge in [-0.3, -0.25) is 4.79 Å². The SMILES string of the molecule is COC(=O)c1ccc(C)c(NC(=O)C2CCCCN2)c1.Cl. The minimum Gasteiger partial charge on any atom is -0.465 e. The van der Waals surface area contributed by atoms with Crippen molar-refractivity contribution < 1.29 is 14.3 Å². The van der Waals surface area contributed by atoms with Gasteiger partial charge in [0.2, 0.25) is 5.91 Å². The molecule has 21 heavy (non-hydrogen) atoms. The second kappa shape index (κ2) is 8.00. The van der Waals surface area contributed by atoms with Crippen LogP contribution in [0.3, 0.4) is 0 Å². The third-order valence-corrected chi connectivity index (χ3v) is 3.54. The number of anilines is 1. The molecule has 1 saturated heterocycles. The van der Waals surface area contributed by atoms with E-state index in [0.29, 0.717) is 11.3 Å². The summed E-state index contributed by atoms with van der Waals surface area (Å²) in [6.07, 6.45) is 3.02. The molecule has 0 aliphatic carbocycles. The molecule has 2 rings (SSSR count). The number of amides is 1. The summed E-state index contributed by atoms with van der Waals surface area (Å²) in [6, 6.07) is 5.00. The normalized spacial score (nSPS) is 17.5. The first-order chi connectivity index (χ1) is 9.61. The second-order valence-corrected chi connectivity index (χ2v) is 5.01. The Morgan fingerprint density at radius 1 is 1.33 bits per heavy atom. The minimum atomic E-state index is -0.406. The number of benzene rings is 1. The van der Waals surface area contributed by atoms with Gasteiger partial charge in [-0.05, 0) is 44.0 Å². The van der Waals surface area contributed by atoms with Crippen LogP contribution in [0.15, 0.2) is 18.2 Å². The zero-order valence-electron chi connectivity index (χ0n) is 12.3. The highest BCUT2D eigenvalue weighted by atomic mass is 35.5. The van der Waals surface area contributed by atoms with Crippen LogP contribution in [0, 0.1) is 6.92 Å². The van der Waals surface area contributed by atoms with E-state index in [1.165, 1.54) is 7.11 Å². The lowest BCUT2D eigenvalue weighted by Crippen LogP contribution is -2.43. The van der Waals surface area contributed by atoms with Crippen LogP contribution in [0.1, 0.15) is 35.2 Å². The highest BCUT2D eigenvalue weighted by molar-refractivity contribution is 5.97. The van der Waals surface area contributed by atoms with E-state index < -0.39 is 5.97 Å². The van der Waals surface area contributed by atoms with Gasteiger partial charge in [0.15, 0.2) is 0 Å². The molecule has 0 bridgehead atoms. The molecule has 0 saturated carbocycles. The molecule has 1 aromatic rings. The van der Waals surface area contributed by atoms with E-state index in [1.54, 1.807) is 18.2 Å². The fraction of sp³-hybridized carbons (Fsp3) is 0.467. The molecular formula is C15H21ClN2O3. The maximum Gasteiger partial charge on any atom is 0.337 e. The number of hydrogen-bond acceptors (Lipinski definition) is 4. The highest BCUT2D eigenvalue weighted by Gasteiger charge is 2.21. The molecule has 1 atom stereocenters. The number of hydrogen-bond donors (Lipinski definition) is 2. The maximum absolute atomic E-state index is 12.2. The molecule has 6 heteroatoms. The molecule has 1 aromatic carbocycles. The molecule has 1 amide bonds. The van der Waals surface area contributed by atoms with Gasteiger partial charge >= 0.3 is 5.97 Å². The first-order valence-corrected chi connectivity index (χ1v) is 6.85. The first kappa shape index (κ1) is 17.5. The molecule has 5 nitrogen and oxygen atoms in total. The molecule has 1 heterocycles. The van der Waals surface area contributed by atoms with Crippen molar-refractivity contribution in [1.29, 1.82) is 0 Å². The van der Waals surface area contributed by atoms with Crippen molar-refractivity contribution in [2.75, 3.05) is 19.0 Å². The smallest absolute Gasteiger partial charge is 0.337 e. The van der Waals surface area contributed by atoms with Crippen molar-refractivity contribution in [2.24, 2.45) is 0 Å². The number of nitrogens with one attached hydrogen (secondary N) is 2. The summed E-state index contributed by atoms with van der Waals surface area (Å²) in [6.45, 7) is 2.77. The first-order valence-electron chi connectivity index (χ1n) is 6.85. The third-order valence-electron chi connectivity index (χ3n) is 3.54. The number of ether oxygens (including phenoxy) is 1. The van der Waals surface area contributed by atoms with Gasteiger partial charge in [-0.1, -0.05) is 12.5 Å². The Balaban J connectivity index is 0.00000220. The number of piperidine rings is 1. The van der Waals surface area contributed by atoms with Crippen molar-refractivity contribution in [2.45, 2.75) is 32.2 Å². The number of rotatable bonds is 3. The molecular weight excluding hydrogens is 292 g/mol. The van der Waals surface area contributed by atoms with Crippen molar-refractivity contribution in [3.63, 3.8) is 0 Å². The number of halogens is 1. The number of carbonyl (C=O) groups excluding carboxylic acids is 2. The summed E-state index contributed by atoms with van der Waals surface area (Å²) >= 11 is 0. The summed E-state index contributed by atoms with van der Waals surface area (Å²) in [5.74, 6) is -0.453.